The van der Waals surface area contributed by atoms with Crippen LogP contribution in [0.2, 0.25) is 0 Å². The third-order valence-corrected chi connectivity index (χ3v) is 1.17. The third-order valence-electron chi connectivity index (χ3n) is 0.686. The quantitative estimate of drug-likeness (QED) is 0.662. The van der Waals surface area contributed by atoms with Gasteiger partial charge in [0, 0.05) is 0 Å². The molecule has 0 aliphatic heterocycles. The van der Waals surface area contributed by atoms with E-state index in [0.29, 0.717) is 0 Å². The Morgan fingerprint density at radius 3 is 2.40 bits per heavy atom. The van der Waals surface area contributed by atoms with E-state index in [-0.39, 0.29) is 0 Å². The number of rotatable bonds is 3. The number of carboxylic acid groups (broad SMARTS) is 1. The molecule has 0 aromatic carbocycles. The molecule has 58 valence electrons. The van der Waals surface area contributed by atoms with E-state index in [1.165, 1.54) is 0 Å². The molecule has 1 atom stereocenters. The van der Waals surface area contributed by atoms with E-state index in [0.717, 1.165) is 0 Å². The van der Waals surface area contributed by atoms with Crippen LogP contribution in [-0.4, -0.2) is 22.4 Å². The van der Waals surface area contributed by atoms with E-state index in [9.17, 15) is 9.59 Å². The second-order valence-corrected chi connectivity index (χ2v) is 2.14. The minimum absolute atomic E-state index is 0.493. The van der Waals surface area contributed by atoms with Crippen LogP contribution in [0, 0.1) is 0 Å². The summed E-state index contributed by atoms with van der Waals surface area (Å²) in [6.45, 7) is 0. The minimum atomic E-state index is -1.21. The molecular formula is C4H4Cl2O4. The maximum Gasteiger partial charge on any atom is 0.343 e. The lowest BCUT2D eigenvalue weighted by atomic mass is 10.3. The van der Waals surface area contributed by atoms with Crippen molar-refractivity contribution in [2.45, 2.75) is 11.8 Å². The van der Waals surface area contributed by atoms with Gasteiger partial charge in [-0.25, -0.2) is 4.79 Å². The standard InChI is InChI=1S/C4H4Cl2O4/c5-2(1-3(7)8)4(9)10-6/h2H,1H2,(H,7,8). The zero-order chi connectivity index (χ0) is 8.15. The molecule has 0 rings (SSSR count). The van der Waals surface area contributed by atoms with Crippen molar-refractivity contribution in [2.75, 3.05) is 0 Å². The summed E-state index contributed by atoms with van der Waals surface area (Å²) in [6, 6.07) is 0. The van der Waals surface area contributed by atoms with Gasteiger partial charge in [0.1, 0.15) is 17.2 Å². The summed E-state index contributed by atoms with van der Waals surface area (Å²) in [7, 11) is 0. The summed E-state index contributed by atoms with van der Waals surface area (Å²) in [6.07, 6.45) is -0.493. The van der Waals surface area contributed by atoms with E-state index in [2.05, 4.69) is 16.2 Å². The molecule has 0 amide bonds. The van der Waals surface area contributed by atoms with Gasteiger partial charge < -0.3 is 9.40 Å². The van der Waals surface area contributed by atoms with Gasteiger partial charge in [0.15, 0.2) is 0 Å². The van der Waals surface area contributed by atoms with Gasteiger partial charge in [-0.05, 0) is 0 Å². The Morgan fingerprint density at radius 1 is 1.60 bits per heavy atom. The van der Waals surface area contributed by atoms with Crippen molar-refractivity contribution in [3.63, 3.8) is 0 Å². The number of hydrogen-bond acceptors (Lipinski definition) is 3. The molecular weight excluding hydrogens is 183 g/mol. The molecule has 1 N–H and O–H groups in total. The van der Waals surface area contributed by atoms with Gasteiger partial charge in [-0.1, -0.05) is 0 Å². The molecule has 6 heteroatoms. The summed E-state index contributed by atoms with van der Waals surface area (Å²) >= 11 is 9.79. The highest BCUT2D eigenvalue weighted by molar-refractivity contribution is 6.32. The summed E-state index contributed by atoms with van der Waals surface area (Å²) < 4.78 is 3.65. The van der Waals surface area contributed by atoms with Crippen molar-refractivity contribution in [2.24, 2.45) is 0 Å². The molecule has 0 bridgehead atoms. The summed E-state index contributed by atoms with van der Waals surface area (Å²) in [5.74, 6) is -2.13. The molecule has 0 aromatic rings. The maximum absolute atomic E-state index is 10.3. The number of alkyl halides is 1. The minimum Gasteiger partial charge on any atom is -0.481 e. The average molecular weight is 187 g/mol. The number of aliphatic carboxylic acids is 1. The van der Waals surface area contributed by atoms with E-state index >= 15 is 0 Å². The molecule has 0 heterocycles. The predicted molar refractivity (Wildman–Crippen MR) is 33.8 cm³/mol. The highest BCUT2D eigenvalue weighted by Gasteiger charge is 2.19. The average Bonchev–Trinajstić information content (AvgIpc) is 1.85. The van der Waals surface area contributed by atoms with Crippen molar-refractivity contribution < 1.29 is 19.0 Å². The molecule has 0 aliphatic rings. The predicted octanol–water partition coefficient (Wildman–Crippen LogP) is 0.766. The number of hydrogen-bond donors (Lipinski definition) is 1. The van der Waals surface area contributed by atoms with Gasteiger partial charge in [-0.2, -0.15) is 0 Å². The highest BCUT2D eigenvalue weighted by Crippen LogP contribution is 2.05. The molecule has 0 fully saturated rings. The first-order chi connectivity index (χ1) is 4.57. The molecule has 0 saturated heterocycles. The Kier molecular flexibility index (Phi) is 4.14. The second-order valence-electron chi connectivity index (χ2n) is 1.46. The van der Waals surface area contributed by atoms with Crippen LogP contribution in [0.5, 0.6) is 0 Å². The molecule has 0 aliphatic carbocycles. The number of carbonyl (C=O) groups excluding carboxylic acids is 1. The Hall–Kier alpha value is -0.480. The largest absolute Gasteiger partial charge is 0.481 e. The van der Waals surface area contributed by atoms with Gasteiger partial charge in [0.2, 0.25) is 0 Å². The van der Waals surface area contributed by atoms with Crippen LogP contribution in [-0.2, 0) is 13.9 Å². The van der Waals surface area contributed by atoms with Crippen molar-refractivity contribution in [3.05, 3.63) is 0 Å². The lowest BCUT2D eigenvalue weighted by molar-refractivity contribution is -0.141. The smallest absolute Gasteiger partial charge is 0.343 e. The van der Waals surface area contributed by atoms with Gasteiger partial charge in [-0.15, -0.1) is 11.6 Å². The SMILES string of the molecule is O=C(O)CC(Cl)C(=O)OCl. The first-order valence-electron chi connectivity index (χ1n) is 2.26. The summed E-state index contributed by atoms with van der Waals surface area (Å²) in [5, 5.41) is 6.88. The zero-order valence-electron chi connectivity index (χ0n) is 4.71. The number of carbonyl (C=O) groups is 2. The van der Waals surface area contributed by atoms with Crippen molar-refractivity contribution in [1.82, 2.24) is 0 Å². The third kappa shape index (κ3) is 3.53. The van der Waals surface area contributed by atoms with Gasteiger partial charge >= 0.3 is 11.9 Å². The molecule has 0 spiro atoms. The zero-order valence-corrected chi connectivity index (χ0v) is 6.22. The van der Waals surface area contributed by atoms with E-state index in [1.807, 2.05) is 0 Å². The van der Waals surface area contributed by atoms with Crippen LogP contribution in [0.25, 0.3) is 0 Å². The fraction of sp³-hybridized carbons (Fsp3) is 0.500. The van der Waals surface area contributed by atoms with Crippen LogP contribution in [0.1, 0.15) is 6.42 Å². The molecule has 0 aromatic heterocycles. The van der Waals surface area contributed by atoms with Crippen molar-refractivity contribution >= 4 is 35.4 Å². The molecule has 0 saturated carbocycles. The molecule has 4 nitrogen and oxygen atoms in total. The maximum atomic E-state index is 10.3. The number of halogens is 2. The van der Waals surface area contributed by atoms with Crippen LogP contribution in [0.4, 0.5) is 0 Å². The lowest BCUT2D eigenvalue weighted by Crippen LogP contribution is -2.18. The topological polar surface area (TPSA) is 63.6 Å². The first kappa shape index (κ1) is 9.52. The Balaban J connectivity index is 3.72. The van der Waals surface area contributed by atoms with E-state index < -0.39 is 23.7 Å². The molecule has 10 heavy (non-hydrogen) atoms. The van der Waals surface area contributed by atoms with Crippen LogP contribution < -0.4 is 0 Å². The summed E-state index contributed by atoms with van der Waals surface area (Å²) in [5.41, 5.74) is 0. The Labute approximate surface area is 66.8 Å². The van der Waals surface area contributed by atoms with E-state index in [4.69, 9.17) is 16.7 Å². The van der Waals surface area contributed by atoms with Crippen molar-refractivity contribution in [3.8, 4) is 0 Å². The first-order valence-corrected chi connectivity index (χ1v) is 3.00. The monoisotopic (exact) mass is 186 g/mol. The van der Waals surface area contributed by atoms with E-state index in [1.54, 1.807) is 0 Å². The fourth-order valence-electron chi connectivity index (χ4n) is 0.285. The van der Waals surface area contributed by atoms with Gasteiger partial charge in [0.05, 0.1) is 6.42 Å². The fourth-order valence-corrected chi connectivity index (χ4v) is 0.615. The van der Waals surface area contributed by atoms with Crippen LogP contribution in [0.15, 0.2) is 0 Å². The van der Waals surface area contributed by atoms with Crippen LogP contribution >= 0.6 is 23.5 Å². The van der Waals surface area contributed by atoms with Crippen LogP contribution in [0.3, 0.4) is 0 Å². The molecule has 0 radical (unpaired) electrons. The lowest BCUT2D eigenvalue weighted by Gasteiger charge is -1.99. The van der Waals surface area contributed by atoms with Crippen molar-refractivity contribution in [1.29, 1.82) is 0 Å². The van der Waals surface area contributed by atoms with Gasteiger partial charge in [-0.3, -0.25) is 4.79 Å². The molecule has 1 unspecified atom stereocenters. The Bertz CT molecular complexity index is 146. The Morgan fingerprint density at radius 2 is 2.10 bits per heavy atom. The normalized spacial score (nSPS) is 12.2. The van der Waals surface area contributed by atoms with Gasteiger partial charge in [0.25, 0.3) is 0 Å². The second kappa shape index (κ2) is 4.35. The summed E-state index contributed by atoms with van der Waals surface area (Å²) in [4.78, 5) is 20.2. The number of carboxylic acids is 1. The highest BCUT2D eigenvalue weighted by atomic mass is 35.5.